The molecule has 0 aromatic carbocycles. The Bertz CT molecular complexity index is 253. The van der Waals surface area contributed by atoms with Crippen molar-refractivity contribution in [3.8, 4) is 0 Å². The molecule has 0 aromatic rings. The lowest BCUT2D eigenvalue weighted by molar-refractivity contribution is -0.117. The summed E-state index contributed by atoms with van der Waals surface area (Å²) in [6, 6.07) is 0. The zero-order valence-corrected chi connectivity index (χ0v) is 9.89. The first-order valence-corrected chi connectivity index (χ1v) is 5.43. The van der Waals surface area contributed by atoms with Gasteiger partial charge in [0.1, 0.15) is 0 Å². The Morgan fingerprint density at radius 2 is 2.13 bits per heavy atom. The van der Waals surface area contributed by atoms with Crippen LogP contribution in [0.2, 0.25) is 0 Å². The molecule has 1 aliphatic rings. The zero-order valence-electron chi connectivity index (χ0n) is 9.89. The van der Waals surface area contributed by atoms with E-state index in [1.165, 1.54) is 5.57 Å². The highest BCUT2D eigenvalue weighted by molar-refractivity contribution is 5.93. The van der Waals surface area contributed by atoms with Gasteiger partial charge in [-0.05, 0) is 39.6 Å². The average molecular weight is 211 g/mol. The SMILES string of the molecule is CC(C(=O)NCCCN(C)C)=C1CNC1. The van der Waals surface area contributed by atoms with Crippen LogP contribution in [-0.4, -0.2) is 51.1 Å². The van der Waals surface area contributed by atoms with Gasteiger partial charge in [0, 0.05) is 25.2 Å². The molecule has 15 heavy (non-hydrogen) atoms. The summed E-state index contributed by atoms with van der Waals surface area (Å²) in [4.78, 5) is 13.7. The van der Waals surface area contributed by atoms with Crippen LogP contribution in [0.1, 0.15) is 13.3 Å². The Morgan fingerprint density at radius 1 is 1.47 bits per heavy atom. The van der Waals surface area contributed by atoms with Crippen molar-refractivity contribution in [3.63, 3.8) is 0 Å². The lowest BCUT2D eigenvalue weighted by atomic mass is 10.0. The Kier molecular flexibility index (Phi) is 4.78. The summed E-state index contributed by atoms with van der Waals surface area (Å²) in [7, 11) is 4.07. The number of hydrogen-bond acceptors (Lipinski definition) is 3. The van der Waals surface area contributed by atoms with Gasteiger partial charge >= 0.3 is 0 Å². The van der Waals surface area contributed by atoms with E-state index in [2.05, 4.69) is 15.5 Å². The van der Waals surface area contributed by atoms with E-state index >= 15 is 0 Å². The summed E-state index contributed by atoms with van der Waals surface area (Å²) in [5.74, 6) is 0.0882. The molecule has 1 amide bonds. The van der Waals surface area contributed by atoms with E-state index in [4.69, 9.17) is 0 Å². The summed E-state index contributed by atoms with van der Waals surface area (Å²) in [5, 5.41) is 6.07. The fourth-order valence-corrected chi connectivity index (χ4v) is 1.41. The topological polar surface area (TPSA) is 44.4 Å². The molecule has 0 unspecified atom stereocenters. The second-order valence-corrected chi connectivity index (χ2v) is 4.24. The minimum Gasteiger partial charge on any atom is -0.352 e. The third kappa shape index (κ3) is 4.01. The number of nitrogens with one attached hydrogen (secondary N) is 2. The predicted molar refractivity (Wildman–Crippen MR) is 61.8 cm³/mol. The molecule has 2 N–H and O–H groups in total. The fraction of sp³-hybridized carbons (Fsp3) is 0.727. The molecular weight excluding hydrogens is 190 g/mol. The zero-order chi connectivity index (χ0) is 11.3. The van der Waals surface area contributed by atoms with Crippen molar-refractivity contribution in [1.82, 2.24) is 15.5 Å². The highest BCUT2D eigenvalue weighted by Gasteiger charge is 2.15. The normalized spacial score (nSPS) is 15.1. The van der Waals surface area contributed by atoms with Gasteiger partial charge in [-0.3, -0.25) is 4.79 Å². The molecule has 0 atom stereocenters. The van der Waals surface area contributed by atoms with Gasteiger partial charge in [0.25, 0.3) is 0 Å². The van der Waals surface area contributed by atoms with Crippen LogP contribution in [0, 0.1) is 0 Å². The highest BCUT2D eigenvalue weighted by Crippen LogP contribution is 2.08. The minimum atomic E-state index is 0.0882. The predicted octanol–water partition coefficient (Wildman–Crippen LogP) is -0.0260. The second-order valence-electron chi connectivity index (χ2n) is 4.24. The maximum Gasteiger partial charge on any atom is 0.246 e. The largest absolute Gasteiger partial charge is 0.352 e. The van der Waals surface area contributed by atoms with Crippen LogP contribution < -0.4 is 10.6 Å². The van der Waals surface area contributed by atoms with Crippen molar-refractivity contribution in [2.24, 2.45) is 0 Å². The molecule has 1 saturated heterocycles. The van der Waals surface area contributed by atoms with Gasteiger partial charge in [-0.2, -0.15) is 0 Å². The van der Waals surface area contributed by atoms with Gasteiger partial charge < -0.3 is 15.5 Å². The van der Waals surface area contributed by atoms with Crippen molar-refractivity contribution in [2.45, 2.75) is 13.3 Å². The van der Waals surface area contributed by atoms with Crippen molar-refractivity contribution in [2.75, 3.05) is 40.3 Å². The van der Waals surface area contributed by atoms with Crippen LogP contribution in [0.4, 0.5) is 0 Å². The van der Waals surface area contributed by atoms with E-state index in [1.54, 1.807) is 0 Å². The highest BCUT2D eigenvalue weighted by atomic mass is 16.1. The van der Waals surface area contributed by atoms with E-state index < -0.39 is 0 Å². The molecule has 0 radical (unpaired) electrons. The molecule has 4 heteroatoms. The van der Waals surface area contributed by atoms with E-state index in [-0.39, 0.29) is 5.91 Å². The molecule has 0 aliphatic carbocycles. The fourth-order valence-electron chi connectivity index (χ4n) is 1.41. The Labute approximate surface area is 91.7 Å². The molecule has 1 heterocycles. The van der Waals surface area contributed by atoms with Gasteiger partial charge in [0.15, 0.2) is 0 Å². The third-order valence-electron chi connectivity index (χ3n) is 2.62. The van der Waals surface area contributed by atoms with Crippen molar-refractivity contribution in [1.29, 1.82) is 0 Å². The monoisotopic (exact) mass is 211 g/mol. The number of nitrogens with zero attached hydrogens (tertiary/aromatic N) is 1. The molecule has 1 aliphatic heterocycles. The van der Waals surface area contributed by atoms with E-state index in [0.717, 1.165) is 38.2 Å². The Balaban J connectivity index is 2.18. The summed E-state index contributed by atoms with van der Waals surface area (Å²) in [6.45, 7) is 5.41. The molecule has 4 nitrogen and oxygen atoms in total. The molecule has 0 spiro atoms. The van der Waals surface area contributed by atoms with E-state index in [9.17, 15) is 4.79 Å². The molecular formula is C11H21N3O. The number of carbonyl (C=O) groups excluding carboxylic acids is 1. The molecule has 0 aromatic heterocycles. The minimum absolute atomic E-state index is 0.0882. The lowest BCUT2D eigenvalue weighted by Gasteiger charge is -2.21. The first-order valence-electron chi connectivity index (χ1n) is 5.43. The van der Waals surface area contributed by atoms with Crippen LogP contribution >= 0.6 is 0 Å². The summed E-state index contributed by atoms with van der Waals surface area (Å²) >= 11 is 0. The van der Waals surface area contributed by atoms with Gasteiger partial charge in [-0.15, -0.1) is 0 Å². The number of carbonyl (C=O) groups is 1. The summed E-state index contributed by atoms with van der Waals surface area (Å²) in [6.07, 6.45) is 1.000. The second kappa shape index (κ2) is 5.88. The maximum atomic E-state index is 11.6. The average Bonchev–Trinajstić information content (AvgIpc) is 2.08. The maximum absolute atomic E-state index is 11.6. The number of rotatable bonds is 5. The molecule has 1 rings (SSSR count). The molecule has 86 valence electrons. The van der Waals surface area contributed by atoms with Crippen LogP contribution in [-0.2, 0) is 4.79 Å². The van der Waals surface area contributed by atoms with E-state index in [0.29, 0.717) is 0 Å². The summed E-state index contributed by atoms with van der Waals surface area (Å²) in [5.41, 5.74) is 2.12. The van der Waals surface area contributed by atoms with Crippen LogP contribution in [0.5, 0.6) is 0 Å². The smallest absolute Gasteiger partial charge is 0.246 e. The van der Waals surface area contributed by atoms with E-state index in [1.807, 2.05) is 21.0 Å². The molecule has 0 bridgehead atoms. The third-order valence-corrected chi connectivity index (χ3v) is 2.62. The number of hydrogen-bond donors (Lipinski definition) is 2. The van der Waals surface area contributed by atoms with Crippen LogP contribution in [0.25, 0.3) is 0 Å². The first-order chi connectivity index (χ1) is 7.11. The number of amides is 1. The quantitative estimate of drug-likeness (QED) is 0.496. The summed E-state index contributed by atoms with van der Waals surface area (Å²) < 4.78 is 0. The van der Waals surface area contributed by atoms with Crippen LogP contribution in [0.15, 0.2) is 11.1 Å². The van der Waals surface area contributed by atoms with Crippen molar-refractivity contribution < 1.29 is 4.79 Å². The molecule has 0 saturated carbocycles. The first kappa shape index (κ1) is 12.2. The Hall–Kier alpha value is -0.870. The standard InChI is InChI=1S/C11H21N3O/c1-9(10-7-12-8-10)11(15)13-5-4-6-14(2)3/h12H,4-8H2,1-3H3,(H,13,15). The Morgan fingerprint density at radius 3 is 2.60 bits per heavy atom. The van der Waals surface area contributed by atoms with Gasteiger partial charge in [-0.25, -0.2) is 0 Å². The van der Waals surface area contributed by atoms with Crippen molar-refractivity contribution >= 4 is 5.91 Å². The molecule has 1 fully saturated rings. The van der Waals surface area contributed by atoms with Gasteiger partial charge in [0.2, 0.25) is 5.91 Å². The lowest BCUT2D eigenvalue weighted by Crippen LogP contribution is -2.38. The van der Waals surface area contributed by atoms with Crippen LogP contribution in [0.3, 0.4) is 0 Å². The van der Waals surface area contributed by atoms with Gasteiger partial charge in [0.05, 0.1) is 0 Å². The van der Waals surface area contributed by atoms with Crippen molar-refractivity contribution in [3.05, 3.63) is 11.1 Å². The van der Waals surface area contributed by atoms with Gasteiger partial charge in [-0.1, -0.05) is 0 Å².